The van der Waals surface area contributed by atoms with E-state index in [0.29, 0.717) is 27.5 Å². The molecule has 0 spiro atoms. The molecule has 0 saturated heterocycles. The maximum atomic E-state index is 12.6. The van der Waals surface area contributed by atoms with E-state index in [2.05, 4.69) is 15.2 Å². The summed E-state index contributed by atoms with van der Waals surface area (Å²) in [6, 6.07) is 1.92. The lowest BCUT2D eigenvalue weighted by Crippen LogP contribution is -2.32. The molecular weight excluding hydrogens is 370 g/mol. The van der Waals surface area contributed by atoms with Crippen molar-refractivity contribution in [2.45, 2.75) is 32.7 Å². The minimum Gasteiger partial charge on any atom is -0.857 e. The van der Waals surface area contributed by atoms with E-state index in [0.717, 1.165) is 24.2 Å². The average Bonchev–Trinajstić information content (AvgIpc) is 3.29. The van der Waals surface area contributed by atoms with E-state index in [-0.39, 0.29) is 23.1 Å². The summed E-state index contributed by atoms with van der Waals surface area (Å²) in [7, 11) is 0. The molecule has 3 heterocycles. The van der Waals surface area contributed by atoms with Gasteiger partial charge in [0.25, 0.3) is 6.20 Å². The summed E-state index contributed by atoms with van der Waals surface area (Å²) in [6.07, 6.45) is 3.66. The van der Waals surface area contributed by atoms with Crippen LogP contribution in [0.1, 0.15) is 46.7 Å². The summed E-state index contributed by atoms with van der Waals surface area (Å²) in [5, 5.41) is 16.9. The number of ether oxygens (including phenoxy) is 1. The van der Waals surface area contributed by atoms with Gasteiger partial charge in [0.15, 0.2) is 6.04 Å². The van der Waals surface area contributed by atoms with Gasteiger partial charge in [-0.25, -0.2) is 14.8 Å². The van der Waals surface area contributed by atoms with E-state index in [9.17, 15) is 9.90 Å². The van der Waals surface area contributed by atoms with Gasteiger partial charge >= 0.3 is 11.9 Å². The lowest BCUT2D eigenvalue weighted by atomic mass is 10.1. The van der Waals surface area contributed by atoms with Gasteiger partial charge in [-0.3, -0.25) is 4.52 Å². The molecule has 9 nitrogen and oxygen atoms in total. The monoisotopic (exact) mass is 387 g/mol. The molecule has 0 radical (unpaired) electrons. The number of aromatic nitrogens is 3. The summed E-state index contributed by atoms with van der Waals surface area (Å²) in [6.45, 7) is 3.72. The highest BCUT2D eigenvalue weighted by Crippen LogP contribution is 2.36. The molecule has 3 aromatic rings. The number of hydrogen-bond donors (Lipinski definition) is 1. The quantitative estimate of drug-likeness (QED) is 0.303. The Kier molecular flexibility index (Phi) is 4.27. The molecule has 3 aromatic heterocycles. The number of fused-ring (bicyclic) bond motifs is 1. The topological polar surface area (TPSA) is 131 Å². The average molecular weight is 387 g/mol. The molecule has 1 aliphatic rings. The fourth-order valence-electron chi connectivity index (χ4n) is 2.73. The van der Waals surface area contributed by atoms with Crippen molar-refractivity contribution in [2.24, 2.45) is 4.99 Å². The molecule has 0 atom stereocenters. The SMILES string of the molecule is CCOC(=O)c1cc(C)nc2sc(/C([O-])=N/c3c[n+](C4CC4)no3)c(N)c12. The van der Waals surface area contributed by atoms with Gasteiger partial charge in [0.2, 0.25) is 5.27 Å². The number of aryl methyl sites for hydroxylation is 1. The van der Waals surface area contributed by atoms with Gasteiger partial charge in [0, 0.05) is 29.8 Å². The summed E-state index contributed by atoms with van der Waals surface area (Å²) >= 11 is 1.08. The number of anilines is 1. The van der Waals surface area contributed by atoms with Crippen molar-refractivity contribution < 1.29 is 23.8 Å². The van der Waals surface area contributed by atoms with Gasteiger partial charge in [-0.1, -0.05) is 0 Å². The molecule has 10 heteroatoms. The number of aliphatic imine (C=N–C) groups is 1. The minimum atomic E-state index is -0.568. The standard InChI is InChI=1S/C17H17N5O4S/c1-3-25-17(24)10-6-8(2)19-16-12(10)13(18)14(27-16)15(23)20-11-7-22(21-26-11)9-4-5-9/h6-7,9H,3-5H2,1-2H3,(H2-,18,20,21,23). The van der Waals surface area contributed by atoms with E-state index in [4.69, 9.17) is 15.0 Å². The number of rotatable bonds is 5. The second-order valence-corrected chi connectivity index (χ2v) is 7.22. The van der Waals surface area contributed by atoms with Crippen LogP contribution in [0.5, 0.6) is 0 Å². The fraction of sp³-hybridized carbons (Fsp3) is 0.353. The molecule has 27 heavy (non-hydrogen) atoms. The van der Waals surface area contributed by atoms with Crippen LogP contribution in [0.4, 0.5) is 11.6 Å². The zero-order valence-electron chi connectivity index (χ0n) is 14.8. The van der Waals surface area contributed by atoms with Crippen LogP contribution in [0, 0.1) is 6.92 Å². The van der Waals surface area contributed by atoms with Crippen molar-refractivity contribution in [2.75, 3.05) is 12.3 Å². The van der Waals surface area contributed by atoms with Crippen molar-refractivity contribution in [3.8, 4) is 0 Å². The molecule has 0 amide bonds. The maximum Gasteiger partial charge on any atom is 0.338 e. The van der Waals surface area contributed by atoms with E-state index in [1.807, 2.05) is 0 Å². The largest absolute Gasteiger partial charge is 0.857 e. The first-order chi connectivity index (χ1) is 13.0. The number of carbonyl (C=O) groups is 1. The molecule has 0 aromatic carbocycles. The number of nitrogens with zero attached hydrogens (tertiary/aromatic N) is 4. The number of esters is 1. The maximum absolute atomic E-state index is 12.6. The summed E-state index contributed by atoms with van der Waals surface area (Å²) < 4.78 is 11.8. The van der Waals surface area contributed by atoms with Gasteiger partial charge in [0.05, 0.1) is 22.7 Å². The molecule has 1 saturated carbocycles. The Balaban J connectivity index is 1.77. The molecular formula is C17H17N5O4S. The first kappa shape index (κ1) is 17.4. The second-order valence-electron chi connectivity index (χ2n) is 6.23. The Bertz CT molecular complexity index is 1070. The van der Waals surface area contributed by atoms with Gasteiger partial charge in [-0.2, -0.15) is 0 Å². The number of pyridine rings is 1. The molecule has 4 rings (SSSR count). The first-order valence-electron chi connectivity index (χ1n) is 8.49. The Morgan fingerprint density at radius 2 is 2.33 bits per heavy atom. The third-order valence-corrected chi connectivity index (χ3v) is 5.21. The minimum absolute atomic E-state index is 0.110. The zero-order chi connectivity index (χ0) is 19.1. The highest BCUT2D eigenvalue weighted by atomic mass is 32.1. The van der Waals surface area contributed by atoms with E-state index >= 15 is 0 Å². The van der Waals surface area contributed by atoms with Gasteiger partial charge in [-0.15, -0.1) is 11.3 Å². The summed E-state index contributed by atoms with van der Waals surface area (Å²) in [4.78, 5) is 21.3. The van der Waals surface area contributed by atoms with Gasteiger partial charge in [0.1, 0.15) is 4.83 Å². The fourth-order valence-corrected chi connectivity index (χ4v) is 3.78. The molecule has 140 valence electrons. The second kappa shape index (κ2) is 6.62. The third kappa shape index (κ3) is 3.23. The van der Waals surface area contributed by atoms with E-state index < -0.39 is 11.9 Å². The Morgan fingerprint density at radius 1 is 1.56 bits per heavy atom. The molecule has 0 aliphatic heterocycles. The molecule has 1 fully saturated rings. The van der Waals surface area contributed by atoms with Crippen LogP contribution in [0.15, 0.2) is 21.8 Å². The van der Waals surface area contributed by atoms with Crippen molar-refractivity contribution in [1.29, 1.82) is 0 Å². The van der Waals surface area contributed by atoms with E-state index in [1.165, 1.54) is 0 Å². The zero-order valence-corrected chi connectivity index (χ0v) is 15.6. The number of hydrogen-bond acceptors (Lipinski definition) is 9. The van der Waals surface area contributed by atoms with Crippen LogP contribution < -0.4 is 15.5 Å². The van der Waals surface area contributed by atoms with Gasteiger partial charge < -0.3 is 15.6 Å². The normalized spacial score (nSPS) is 14.7. The van der Waals surface area contributed by atoms with Crippen LogP contribution in [0.3, 0.4) is 0 Å². The first-order valence-corrected chi connectivity index (χ1v) is 9.30. The molecule has 1 aliphatic carbocycles. The number of carbonyl (C=O) groups excluding carboxylic acids is 1. The molecule has 2 N–H and O–H groups in total. The lowest BCUT2D eigenvalue weighted by Gasteiger charge is -2.08. The number of nitrogen functional groups attached to an aromatic ring is 1. The lowest BCUT2D eigenvalue weighted by molar-refractivity contribution is -0.765. The Morgan fingerprint density at radius 3 is 3.04 bits per heavy atom. The van der Waals surface area contributed by atoms with Crippen LogP contribution in [0.25, 0.3) is 10.2 Å². The van der Waals surface area contributed by atoms with Crippen molar-refractivity contribution in [1.82, 2.24) is 10.3 Å². The Hall–Kier alpha value is -3.01. The van der Waals surface area contributed by atoms with Crippen LogP contribution in [-0.4, -0.2) is 28.7 Å². The highest BCUT2D eigenvalue weighted by molar-refractivity contribution is 7.21. The van der Waals surface area contributed by atoms with Gasteiger partial charge in [-0.05, 0) is 24.6 Å². The van der Waals surface area contributed by atoms with Crippen molar-refractivity contribution in [3.05, 3.63) is 28.4 Å². The molecule has 0 unspecified atom stereocenters. The summed E-state index contributed by atoms with van der Waals surface area (Å²) in [5.74, 6) is -0.963. The number of nitrogens with two attached hydrogens (primary N) is 1. The Labute approximate surface area is 158 Å². The van der Waals surface area contributed by atoms with Crippen molar-refractivity contribution >= 4 is 45.0 Å². The number of thiophene rings is 1. The predicted molar refractivity (Wildman–Crippen MR) is 95.9 cm³/mol. The third-order valence-electron chi connectivity index (χ3n) is 4.12. The van der Waals surface area contributed by atoms with Crippen LogP contribution in [-0.2, 0) is 4.74 Å². The predicted octanol–water partition coefficient (Wildman–Crippen LogP) is 1.41. The summed E-state index contributed by atoms with van der Waals surface area (Å²) in [5.41, 5.74) is 7.25. The van der Waals surface area contributed by atoms with Crippen molar-refractivity contribution in [3.63, 3.8) is 0 Å². The smallest absolute Gasteiger partial charge is 0.338 e. The van der Waals surface area contributed by atoms with E-state index in [1.54, 1.807) is 30.8 Å². The van der Waals surface area contributed by atoms with Crippen LogP contribution in [0.2, 0.25) is 0 Å². The molecule has 0 bridgehead atoms. The highest BCUT2D eigenvalue weighted by Gasteiger charge is 2.35. The van der Waals surface area contributed by atoms with Crippen LogP contribution >= 0.6 is 11.3 Å².